The van der Waals surface area contributed by atoms with Crippen LogP contribution in [0, 0.1) is 17.1 Å². The van der Waals surface area contributed by atoms with E-state index in [2.05, 4.69) is 4.74 Å². The van der Waals surface area contributed by atoms with Gasteiger partial charge in [-0.15, -0.1) is 0 Å². The van der Waals surface area contributed by atoms with Crippen LogP contribution in [0.15, 0.2) is 12.1 Å². The lowest BCUT2D eigenvalue weighted by atomic mass is 10.1. The van der Waals surface area contributed by atoms with Crippen LogP contribution in [0.3, 0.4) is 0 Å². The summed E-state index contributed by atoms with van der Waals surface area (Å²) in [5, 5.41) is 8.57. The molecule has 0 amide bonds. The fourth-order valence-corrected chi connectivity index (χ4v) is 0.999. The van der Waals surface area contributed by atoms with Gasteiger partial charge in [0.1, 0.15) is 23.2 Å². The summed E-state index contributed by atoms with van der Waals surface area (Å²) < 4.78 is 40.6. The molecule has 0 atom stereocenters. The lowest BCUT2D eigenvalue weighted by molar-refractivity contribution is -0.0501. The second-order valence-corrected chi connectivity index (χ2v) is 2.44. The molecule has 78 valence electrons. The van der Waals surface area contributed by atoms with Gasteiger partial charge in [0.05, 0.1) is 5.56 Å². The summed E-state index contributed by atoms with van der Waals surface area (Å²) in [5.74, 6) is -1.47. The van der Waals surface area contributed by atoms with Gasteiger partial charge in [-0.3, -0.25) is 4.79 Å². The summed E-state index contributed by atoms with van der Waals surface area (Å²) in [6, 6.07) is 3.08. The monoisotopic (exact) mass is 215 g/mol. The molecule has 0 aliphatic carbocycles. The van der Waals surface area contributed by atoms with Gasteiger partial charge in [0.2, 0.25) is 0 Å². The Bertz CT molecular complexity index is 426. The van der Waals surface area contributed by atoms with E-state index in [0.29, 0.717) is 0 Å². The number of alkyl halides is 2. The lowest BCUT2D eigenvalue weighted by Crippen LogP contribution is -2.06. The molecule has 0 saturated carbocycles. The van der Waals surface area contributed by atoms with Crippen LogP contribution in [0.25, 0.3) is 0 Å². The Hall–Kier alpha value is -2.03. The minimum atomic E-state index is -3.14. The molecule has 0 spiro atoms. The Labute approximate surface area is 82.7 Å². The van der Waals surface area contributed by atoms with Crippen LogP contribution >= 0.6 is 0 Å². The summed E-state index contributed by atoms with van der Waals surface area (Å²) >= 11 is 0. The van der Waals surface area contributed by atoms with Crippen molar-refractivity contribution in [1.29, 1.82) is 5.26 Å². The van der Waals surface area contributed by atoms with E-state index in [1.807, 2.05) is 0 Å². The van der Waals surface area contributed by atoms with Crippen molar-refractivity contribution in [3.05, 3.63) is 29.1 Å². The zero-order valence-corrected chi connectivity index (χ0v) is 7.21. The Balaban J connectivity index is 3.30. The summed E-state index contributed by atoms with van der Waals surface area (Å²) in [4.78, 5) is 10.4. The smallest absolute Gasteiger partial charge is 0.387 e. The Kier molecular flexibility index (Phi) is 3.29. The zero-order valence-electron chi connectivity index (χ0n) is 7.21. The fraction of sp³-hybridized carbons (Fsp3) is 0.111. The maximum Gasteiger partial charge on any atom is 0.387 e. The third-order valence-corrected chi connectivity index (χ3v) is 1.60. The van der Waals surface area contributed by atoms with Crippen molar-refractivity contribution in [3.8, 4) is 11.8 Å². The predicted molar refractivity (Wildman–Crippen MR) is 43.1 cm³/mol. The Morgan fingerprint density at radius 1 is 1.47 bits per heavy atom. The van der Waals surface area contributed by atoms with E-state index in [-0.39, 0.29) is 6.29 Å². The molecule has 1 aromatic rings. The molecule has 15 heavy (non-hydrogen) atoms. The maximum atomic E-state index is 12.9. The average molecular weight is 215 g/mol. The third-order valence-electron chi connectivity index (χ3n) is 1.60. The standard InChI is InChI=1S/C9H4F3NO2/c10-7-1-2-8(15-9(11)12)5(3-13)6(7)4-14/h1-2,4,9H. The first-order valence-corrected chi connectivity index (χ1v) is 3.72. The summed E-state index contributed by atoms with van der Waals surface area (Å²) in [6.07, 6.45) is 0.0756. The van der Waals surface area contributed by atoms with E-state index in [0.717, 1.165) is 12.1 Å². The summed E-state index contributed by atoms with van der Waals surface area (Å²) in [6.45, 7) is -3.14. The average Bonchev–Trinajstić information content (AvgIpc) is 2.19. The SMILES string of the molecule is N#Cc1c(OC(F)F)ccc(F)c1C=O. The van der Waals surface area contributed by atoms with Crippen molar-refractivity contribution in [2.75, 3.05) is 0 Å². The normalized spacial score (nSPS) is 9.80. The molecule has 0 N–H and O–H groups in total. The molecule has 0 saturated heterocycles. The highest BCUT2D eigenvalue weighted by molar-refractivity contribution is 5.81. The van der Waals surface area contributed by atoms with Crippen LogP contribution in [0.1, 0.15) is 15.9 Å². The molecule has 0 heterocycles. The van der Waals surface area contributed by atoms with E-state index in [4.69, 9.17) is 5.26 Å². The molecule has 0 radical (unpaired) electrons. The van der Waals surface area contributed by atoms with Crippen LogP contribution in [0.2, 0.25) is 0 Å². The van der Waals surface area contributed by atoms with Crippen molar-refractivity contribution >= 4 is 6.29 Å². The quantitative estimate of drug-likeness (QED) is 0.725. The van der Waals surface area contributed by atoms with E-state index < -0.39 is 29.3 Å². The van der Waals surface area contributed by atoms with E-state index in [1.165, 1.54) is 6.07 Å². The Morgan fingerprint density at radius 3 is 2.60 bits per heavy atom. The van der Waals surface area contributed by atoms with Gasteiger partial charge >= 0.3 is 6.61 Å². The van der Waals surface area contributed by atoms with Crippen molar-refractivity contribution < 1.29 is 22.7 Å². The topological polar surface area (TPSA) is 50.1 Å². The van der Waals surface area contributed by atoms with Gasteiger partial charge in [-0.1, -0.05) is 0 Å². The number of carbonyl (C=O) groups is 1. The molecule has 0 aliphatic heterocycles. The van der Waals surface area contributed by atoms with Crippen LogP contribution < -0.4 is 4.74 Å². The molecule has 1 rings (SSSR count). The van der Waals surface area contributed by atoms with Crippen LogP contribution in [0.4, 0.5) is 13.2 Å². The highest BCUT2D eigenvalue weighted by Crippen LogP contribution is 2.24. The second-order valence-electron chi connectivity index (χ2n) is 2.44. The molecule has 0 unspecified atom stereocenters. The van der Waals surface area contributed by atoms with Crippen LogP contribution in [0.5, 0.6) is 5.75 Å². The lowest BCUT2D eigenvalue weighted by Gasteiger charge is -2.07. The highest BCUT2D eigenvalue weighted by atomic mass is 19.3. The molecule has 3 nitrogen and oxygen atoms in total. The molecule has 0 aromatic heterocycles. The third kappa shape index (κ3) is 2.26. The van der Waals surface area contributed by atoms with Crippen molar-refractivity contribution in [1.82, 2.24) is 0 Å². The van der Waals surface area contributed by atoms with Gasteiger partial charge in [0, 0.05) is 0 Å². The number of halogens is 3. The van der Waals surface area contributed by atoms with E-state index in [1.54, 1.807) is 0 Å². The molecule has 0 bridgehead atoms. The number of aldehydes is 1. The van der Waals surface area contributed by atoms with Crippen LogP contribution in [-0.2, 0) is 0 Å². The minimum Gasteiger partial charge on any atom is -0.433 e. The number of rotatable bonds is 3. The van der Waals surface area contributed by atoms with Gasteiger partial charge in [-0.25, -0.2) is 4.39 Å². The van der Waals surface area contributed by atoms with E-state index >= 15 is 0 Å². The summed E-state index contributed by atoms with van der Waals surface area (Å²) in [5.41, 5.74) is -1.12. The summed E-state index contributed by atoms with van der Waals surface area (Å²) in [7, 11) is 0. The molecule has 0 fully saturated rings. The number of benzene rings is 1. The first-order chi connectivity index (χ1) is 7.10. The maximum absolute atomic E-state index is 12.9. The minimum absolute atomic E-state index is 0.0756. The number of carbonyl (C=O) groups excluding carboxylic acids is 1. The largest absolute Gasteiger partial charge is 0.433 e. The number of nitrogens with zero attached hydrogens (tertiary/aromatic N) is 1. The first-order valence-electron chi connectivity index (χ1n) is 3.72. The van der Waals surface area contributed by atoms with Gasteiger partial charge in [-0.05, 0) is 12.1 Å². The Morgan fingerprint density at radius 2 is 2.13 bits per heavy atom. The molecule has 0 aliphatic rings. The molecule has 1 aromatic carbocycles. The first kappa shape index (κ1) is 11.0. The zero-order chi connectivity index (χ0) is 11.4. The number of ether oxygens (including phenoxy) is 1. The number of nitriles is 1. The van der Waals surface area contributed by atoms with Crippen LogP contribution in [-0.4, -0.2) is 12.9 Å². The molecule has 6 heteroatoms. The molecular formula is C9H4F3NO2. The fourth-order valence-electron chi connectivity index (χ4n) is 0.999. The van der Waals surface area contributed by atoms with Gasteiger partial charge in [0.25, 0.3) is 0 Å². The van der Waals surface area contributed by atoms with Gasteiger partial charge in [-0.2, -0.15) is 14.0 Å². The second kappa shape index (κ2) is 4.46. The van der Waals surface area contributed by atoms with E-state index in [9.17, 15) is 18.0 Å². The molecular weight excluding hydrogens is 211 g/mol. The van der Waals surface area contributed by atoms with Gasteiger partial charge < -0.3 is 4.74 Å². The van der Waals surface area contributed by atoms with Crippen molar-refractivity contribution in [3.63, 3.8) is 0 Å². The van der Waals surface area contributed by atoms with Gasteiger partial charge in [0.15, 0.2) is 6.29 Å². The van der Waals surface area contributed by atoms with Crippen molar-refractivity contribution in [2.24, 2.45) is 0 Å². The number of hydrogen-bond donors (Lipinski definition) is 0. The van der Waals surface area contributed by atoms with Crippen molar-refractivity contribution in [2.45, 2.75) is 6.61 Å². The number of hydrogen-bond acceptors (Lipinski definition) is 3. The predicted octanol–water partition coefficient (Wildman–Crippen LogP) is 2.11. The highest BCUT2D eigenvalue weighted by Gasteiger charge is 2.16.